The van der Waals surface area contributed by atoms with Crippen molar-refractivity contribution in [3.63, 3.8) is 0 Å². The third kappa shape index (κ3) is 21.2. The fourth-order valence-electron chi connectivity index (χ4n) is 6.88. The standard InChI is InChI=1S/C40H75N11O10S2/c1-24(2)21-29(39(59)51-19-10-14-32(51)38(58)47-28(40(60)61)13-6-9-18-43)48-34(54)26(12-5-8-17-42)46-36(56)30(22-52)49-37(57)31(23-62)50-35(55)27(15-20-63-3)45-33(53)25(44)11-4-7-16-41/h24-32,52,62H,4-23,41-44H2,1-3H3,(H,45,53)(H,46,56)(H,47,58)(H,48,54)(H,49,57)(H,50,55)(H,60,61)/t25-,26-,27-,28-,29-,30-,31-,32-/m0/s1. The van der Waals surface area contributed by atoms with Gasteiger partial charge in [-0.3, -0.25) is 33.6 Å². The number of rotatable bonds is 33. The zero-order chi connectivity index (χ0) is 47.5. The number of aliphatic hydroxyl groups excluding tert-OH is 1. The van der Waals surface area contributed by atoms with Gasteiger partial charge in [0.1, 0.15) is 42.3 Å². The molecule has 0 aromatic heterocycles. The molecule has 0 aromatic carbocycles. The first-order valence-electron chi connectivity index (χ1n) is 21.9. The molecule has 1 aliphatic heterocycles. The van der Waals surface area contributed by atoms with Gasteiger partial charge in [-0.05, 0) is 115 Å². The topological polar surface area (TPSA) is 357 Å². The third-order valence-corrected chi connectivity index (χ3v) is 11.5. The summed E-state index contributed by atoms with van der Waals surface area (Å²) >= 11 is 5.65. The second-order valence-electron chi connectivity index (χ2n) is 16.1. The molecule has 0 aromatic rings. The van der Waals surface area contributed by atoms with Crippen molar-refractivity contribution in [1.29, 1.82) is 0 Å². The van der Waals surface area contributed by atoms with Gasteiger partial charge in [-0.25, -0.2) is 4.79 Å². The molecule has 7 amide bonds. The molecule has 8 atom stereocenters. The van der Waals surface area contributed by atoms with Gasteiger partial charge in [0.05, 0.1) is 12.6 Å². The van der Waals surface area contributed by atoms with Gasteiger partial charge in [0.2, 0.25) is 41.4 Å². The quantitative estimate of drug-likeness (QED) is 0.0237. The number of unbranched alkanes of at least 4 members (excludes halogenated alkanes) is 3. The molecule has 1 fully saturated rings. The van der Waals surface area contributed by atoms with E-state index in [1.54, 1.807) is 0 Å². The Morgan fingerprint density at radius 2 is 1.14 bits per heavy atom. The zero-order valence-electron chi connectivity index (χ0n) is 37.1. The van der Waals surface area contributed by atoms with Crippen LogP contribution in [0.3, 0.4) is 0 Å². The first-order chi connectivity index (χ1) is 30.0. The Balaban J connectivity index is 3.17. The number of thiol groups is 1. The lowest BCUT2D eigenvalue weighted by Gasteiger charge is -2.31. The molecular formula is C40H75N11O10S2. The smallest absolute Gasteiger partial charge is 0.326 e. The van der Waals surface area contributed by atoms with E-state index in [2.05, 4.69) is 44.5 Å². The molecule has 0 radical (unpaired) electrons. The van der Waals surface area contributed by atoms with Gasteiger partial charge in [-0.1, -0.05) is 20.3 Å². The predicted molar refractivity (Wildman–Crippen MR) is 244 cm³/mol. The number of thioether (sulfide) groups is 1. The average Bonchev–Trinajstić information content (AvgIpc) is 3.75. The predicted octanol–water partition coefficient (Wildman–Crippen LogP) is -2.59. The molecule has 0 aliphatic carbocycles. The Hall–Kier alpha value is -3.74. The third-order valence-electron chi connectivity index (χ3n) is 10.5. The van der Waals surface area contributed by atoms with Crippen molar-refractivity contribution in [2.45, 2.75) is 146 Å². The number of nitrogens with one attached hydrogen (secondary N) is 6. The molecule has 21 nitrogen and oxygen atoms in total. The van der Waals surface area contributed by atoms with Crippen LogP contribution in [0, 0.1) is 5.92 Å². The second-order valence-corrected chi connectivity index (χ2v) is 17.5. The summed E-state index contributed by atoms with van der Waals surface area (Å²) in [6.07, 6.45) is 6.86. The van der Waals surface area contributed by atoms with Crippen molar-refractivity contribution in [1.82, 2.24) is 36.8 Å². The van der Waals surface area contributed by atoms with Crippen LogP contribution in [0.1, 0.15) is 97.3 Å². The number of amides is 7. The number of carboxylic acids is 1. The van der Waals surface area contributed by atoms with Gasteiger partial charge < -0.3 is 69.9 Å². The summed E-state index contributed by atoms with van der Waals surface area (Å²) in [7, 11) is 0. The Bertz CT molecular complexity index is 1470. The number of hydrogen-bond acceptors (Lipinski definition) is 15. The summed E-state index contributed by atoms with van der Waals surface area (Å²) in [5.74, 6) is -5.94. The minimum Gasteiger partial charge on any atom is -0.480 e. The van der Waals surface area contributed by atoms with Crippen molar-refractivity contribution < 1.29 is 48.6 Å². The van der Waals surface area contributed by atoms with Gasteiger partial charge >= 0.3 is 5.97 Å². The van der Waals surface area contributed by atoms with E-state index in [0.717, 1.165) is 0 Å². The summed E-state index contributed by atoms with van der Waals surface area (Å²) in [4.78, 5) is 108. The lowest BCUT2D eigenvalue weighted by Crippen LogP contribution is -2.61. The van der Waals surface area contributed by atoms with Crippen LogP contribution in [-0.2, 0) is 38.4 Å². The summed E-state index contributed by atoms with van der Waals surface area (Å²) in [6, 6.07) is -9.28. The van der Waals surface area contributed by atoms with Gasteiger partial charge in [0.15, 0.2) is 0 Å². The van der Waals surface area contributed by atoms with E-state index in [4.69, 9.17) is 22.9 Å². The Morgan fingerprint density at radius 1 is 0.667 bits per heavy atom. The number of nitrogens with two attached hydrogens (primary N) is 4. The van der Waals surface area contributed by atoms with Crippen LogP contribution < -0.4 is 54.8 Å². The molecule has 0 unspecified atom stereocenters. The van der Waals surface area contributed by atoms with Crippen LogP contribution in [0.15, 0.2) is 0 Å². The van der Waals surface area contributed by atoms with Crippen LogP contribution in [-0.4, -0.2) is 161 Å². The Morgan fingerprint density at radius 3 is 1.67 bits per heavy atom. The van der Waals surface area contributed by atoms with Crippen LogP contribution in [0.2, 0.25) is 0 Å². The monoisotopic (exact) mass is 934 g/mol. The second kappa shape index (κ2) is 32.0. The molecule has 63 heavy (non-hydrogen) atoms. The minimum atomic E-state index is -1.58. The van der Waals surface area contributed by atoms with E-state index in [-0.39, 0.29) is 43.9 Å². The zero-order valence-corrected chi connectivity index (χ0v) is 38.8. The minimum absolute atomic E-state index is 0.0775. The molecule has 16 N–H and O–H groups in total. The van der Waals surface area contributed by atoms with E-state index in [0.29, 0.717) is 83.2 Å². The molecule has 0 spiro atoms. The molecule has 1 rings (SSSR count). The lowest BCUT2D eigenvalue weighted by atomic mass is 10.0. The average molecular weight is 934 g/mol. The van der Waals surface area contributed by atoms with E-state index in [9.17, 15) is 48.6 Å². The van der Waals surface area contributed by atoms with E-state index >= 15 is 0 Å². The molecule has 23 heteroatoms. The van der Waals surface area contributed by atoms with Crippen molar-refractivity contribution >= 4 is 71.7 Å². The normalized spacial score (nSPS) is 17.0. The number of aliphatic hydroxyl groups is 1. The highest BCUT2D eigenvalue weighted by molar-refractivity contribution is 7.98. The number of carboxylic acid groups (broad SMARTS) is 1. The molecular weight excluding hydrogens is 859 g/mol. The van der Waals surface area contributed by atoms with E-state index < -0.39 is 102 Å². The van der Waals surface area contributed by atoms with Crippen molar-refractivity contribution in [3.05, 3.63) is 0 Å². The summed E-state index contributed by atoms with van der Waals surface area (Å²) in [5, 5.41) is 35.4. The fourth-order valence-corrected chi connectivity index (χ4v) is 7.60. The van der Waals surface area contributed by atoms with Crippen LogP contribution in [0.5, 0.6) is 0 Å². The number of carbonyl (C=O) groups is 8. The van der Waals surface area contributed by atoms with Gasteiger partial charge in [0.25, 0.3) is 0 Å². The van der Waals surface area contributed by atoms with Crippen molar-refractivity contribution in [2.75, 3.05) is 50.5 Å². The number of nitrogens with zero attached hydrogens (tertiary/aromatic N) is 1. The van der Waals surface area contributed by atoms with Crippen molar-refractivity contribution in [2.24, 2.45) is 28.9 Å². The molecule has 1 saturated heterocycles. The number of hydrogen-bond donors (Lipinski definition) is 13. The lowest BCUT2D eigenvalue weighted by molar-refractivity contribution is -0.145. The first-order valence-corrected chi connectivity index (χ1v) is 23.9. The summed E-state index contributed by atoms with van der Waals surface area (Å²) in [6.45, 7) is 4.11. The number of likely N-dealkylation sites (tertiary alicyclic amines) is 1. The fraction of sp³-hybridized carbons (Fsp3) is 0.800. The van der Waals surface area contributed by atoms with E-state index in [1.165, 1.54) is 16.7 Å². The SMILES string of the molecule is CSCC[C@H](NC(=O)[C@@H](N)CCCCN)C(=O)N[C@@H](CS)C(=O)N[C@@H](CO)C(=O)N[C@@H](CCCCN)C(=O)N[C@@H](CC(C)C)C(=O)N1CCC[C@H]1C(=O)N[C@@H](CCCCN)C(=O)O. The van der Waals surface area contributed by atoms with Crippen molar-refractivity contribution in [3.8, 4) is 0 Å². The maximum absolute atomic E-state index is 14.1. The van der Waals surface area contributed by atoms with Gasteiger partial charge in [-0.2, -0.15) is 24.4 Å². The highest BCUT2D eigenvalue weighted by atomic mass is 32.2. The molecule has 1 aliphatic rings. The molecule has 0 saturated carbocycles. The highest BCUT2D eigenvalue weighted by Crippen LogP contribution is 2.21. The Labute approximate surface area is 381 Å². The number of aliphatic carboxylic acids is 1. The largest absolute Gasteiger partial charge is 0.480 e. The van der Waals surface area contributed by atoms with Gasteiger partial charge in [0, 0.05) is 12.3 Å². The first kappa shape index (κ1) is 57.3. The van der Waals surface area contributed by atoms with Gasteiger partial charge in [-0.15, -0.1) is 0 Å². The Kier molecular flexibility index (Phi) is 29.1. The molecule has 0 bridgehead atoms. The molecule has 1 heterocycles. The van der Waals surface area contributed by atoms with E-state index in [1.807, 2.05) is 20.1 Å². The van der Waals surface area contributed by atoms with Crippen LogP contribution in [0.4, 0.5) is 0 Å². The van der Waals surface area contributed by atoms with Crippen LogP contribution in [0.25, 0.3) is 0 Å². The molecule has 362 valence electrons. The van der Waals surface area contributed by atoms with Crippen LogP contribution >= 0.6 is 24.4 Å². The summed E-state index contributed by atoms with van der Waals surface area (Å²) < 4.78 is 0. The summed E-state index contributed by atoms with van der Waals surface area (Å²) in [5.41, 5.74) is 22.8. The maximum Gasteiger partial charge on any atom is 0.326 e. The maximum atomic E-state index is 14.1. The number of carbonyl (C=O) groups excluding carboxylic acids is 7. The highest BCUT2D eigenvalue weighted by Gasteiger charge is 2.40.